The molecule has 0 aromatic heterocycles. The van der Waals surface area contributed by atoms with Crippen LogP contribution in [-0.4, -0.2) is 24.0 Å². The van der Waals surface area contributed by atoms with Gasteiger partial charge in [-0.05, 0) is 11.1 Å². The van der Waals surface area contributed by atoms with Crippen molar-refractivity contribution in [3.05, 3.63) is 59.7 Å². The van der Waals surface area contributed by atoms with Gasteiger partial charge < -0.3 is 14.6 Å². The Bertz CT molecular complexity index is 645. The molecule has 1 aliphatic carbocycles. The average molecular weight is 268 g/mol. The molecule has 0 heterocycles. The van der Waals surface area contributed by atoms with E-state index in [4.69, 9.17) is 4.74 Å². The Morgan fingerprint density at radius 2 is 1.55 bits per heavy atom. The highest BCUT2D eigenvalue weighted by molar-refractivity contribution is 5.95. The second kappa shape index (κ2) is 4.58. The number of hydrogen-bond acceptors (Lipinski definition) is 3. The lowest BCUT2D eigenvalue weighted by Gasteiger charge is -2.26. The number of hydrogen-bond donors (Lipinski definition) is 1. The van der Waals surface area contributed by atoms with Crippen molar-refractivity contribution >= 4 is 12.3 Å². The van der Waals surface area contributed by atoms with Gasteiger partial charge in [-0.1, -0.05) is 48.5 Å². The van der Waals surface area contributed by atoms with Gasteiger partial charge in [0.1, 0.15) is 12.9 Å². The number of carbonyl (C=O) groups is 2. The van der Waals surface area contributed by atoms with Crippen LogP contribution in [0.25, 0.3) is 11.1 Å². The molecule has 100 valence electrons. The first-order valence-corrected chi connectivity index (χ1v) is 6.22. The second-order valence-electron chi connectivity index (χ2n) is 4.56. The SMILES string of the molecule is O=CCOC1(C(=O)O)c2ccccc2-c2ccccc21. The number of aliphatic carboxylic acids is 1. The molecule has 0 saturated carbocycles. The summed E-state index contributed by atoms with van der Waals surface area (Å²) in [4.78, 5) is 22.5. The van der Waals surface area contributed by atoms with Gasteiger partial charge in [-0.15, -0.1) is 0 Å². The summed E-state index contributed by atoms with van der Waals surface area (Å²) in [6.07, 6.45) is 0.564. The van der Waals surface area contributed by atoms with E-state index >= 15 is 0 Å². The average Bonchev–Trinajstić information content (AvgIpc) is 2.77. The predicted octanol–water partition coefficient (Wildman–Crippen LogP) is 2.21. The molecule has 1 N–H and O–H groups in total. The molecular formula is C16H12O4. The van der Waals surface area contributed by atoms with Crippen LogP contribution in [0.5, 0.6) is 0 Å². The largest absolute Gasteiger partial charge is 0.479 e. The zero-order valence-corrected chi connectivity index (χ0v) is 10.6. The summed E-state index contributed by atoms with van der Waals surface area (Å²) in [5.74, 6) is -1.11. The van der Waals surface area contributed by atoms with Crippen LogP contribution in [0.2, 0.25) is 0 Å². The van der Waals surface area contributed by atoms with Crippen LogP contribution >= 0.6 is 0 Å². The lowest BCUT2D eigenvalue weighted by atomic mass is 9.91. The van der Waals surface area contributed by atoms with Crippen molar-refractivity contribution in [3.63, 3.8) is 0 Å². The van der Waals surface area contributed by atoms with Gasteiger partial charge in [0.2, 0.25) is 5.60 Å². The molecule has 4 nitrogen and oxygen atoms in total. The molecular weight excluding hydrogens is 256 g/mol. The molecule has 4 heteroatoms. The van der Waals surface area contributed by atoms with E-state index in [1.165, 1.54) is 0 Å². The first-order chi connectivity index (χ1) is 9.71. The predicted molar refractivity (Wildman–Crippen MR) is 72.3 cm³/mol. The highest BCUT2D eigenvalue weighted by atomic mass is 16.5. The Morgan fingerprint density at radius 3 is 2.00 bits per heavy atom. The van der Waals surface area contributed by atoms with Crippen molar-refractivity contribution in [3.8, 4) is 11.1 Å². The Labute approximate surface area is 115 Å². The molecule has 0 unspecified atom stereocenters. The summed E-state index contributed by atoms with van der Waals surface area (Å²) in [6, 6.07) is 14.4. The van der Waals surface area contributed by atoms with E-state index in [1.807, 2.05) is 24.3 Å². The number of fused-ring (bicyclic) bond motifs is 3. The van der Waals surface area contributed by atoms with Crippen molar-refractivity contribution < 1.29 is 19.4 Å². The molecule has 0 radical (unpaired) electrons. The summed E-state index contributed by atoms with van der Waals surface area (Å²) in [5, 5.41) is 9.74. The van der Waals surface area contributed by atoms with Gasteiger partial charge in [0, 0.05) is 11.1 Å². The highest BCUT2D eigenvalue weighted by Crippen LogP contribution is 2.49. The molecule has 2 aromatic rings. The number of aldehydes is 1. The van der Waals surface area contributed by atoms with Crippen LogP contribution in [0.3, 0.4) is 0 Å². The van der Waals surface area contributed by atoms with Crippen LogP contribution < -0.4 is 0 Å². The minimum absolute atomic E-state index is 0.269. The fourth-order valence-corrected chi connectivity index (χ4v) is 2.80. The van der Waals surface area contributed by atoms with Gasteiger partial charge in [0.15, 0.2) is 0 Å². The van der Waals surface area contributed by atoms with E-state index < -0.39 is 11.6 Å². The lowest BCUT2D eigenvalue weighted by molar-refractivity contribution is -0.161. The van der Waals surface area contributed by atoms with Crippen LogP contribution in [0, 0.1) is 0 Å². The van der Waals surface area contributed by atoms with Crippen molar-refractivity contribution in [2.75, 3.05) is 6.61 Å². The number of ether oxygens (including phenoxy) is 1. The maximum Gasteiger partial charge on any atom is 0.345 e. The monoisotopic (exact) mass is 268 g/mol. The number of carboxylic acid groups (broad SMARTS) is 1. The zero-order chi connectivity index (χ0) is 14.2. The van der Waals surface area contributed by atoms with Gasteiger partial charge >= 0.3 is 5.97 Å². The zero-order valence-electron chi connectivity index (χ0n) is 10.6. The van der Waals surface area contributed by atoms with E-state index in [0.29, 0.717) is 17.4 Å². The van der Waals surface area contributed by atoms with Crippen LogP contribution in [0.4, 0.5) is 0 Å². The molecule has 20 heavy (non-hydrogen) atoms. The summed E-state index contributed by atoms with van der Waals surface area (Å²) < 4.78 is 5.49. The fourth-order valence-electron chi connectivity index (χ4n) is 2.80. The smallest absolute Gasteiger partial charge is 0.345 e. The molecule has 3 rings (SSSR count). The Kier molecular flexibility index (Phi) is 2.88. The lowest BCUT2D eigenvalue weighted by Crippen LogP contribution is -2.38. The summed E-state index contributed by atoms with van der Waals surface area (Å²) in [6.45, 7) is -0.269. The van der Waals surface area contributed by atoms with Crippen LogP contribution in [0.15, 0.2) is 48.5 Å². The summed E-state index contributed by atoms with van der Waals surface area (Å²) in [5.41, 5.74) is 1.19. The first-order valence-electron chi connectivity index (χ1n) is 6.22. The first kappa shape index (κ1) is 12.6. The normalized spacial score (nSPS) is 14.4. The number of carboxylic acids is 1. The molecule has 0 aliphatic heterocycles. The standard InChI is InChI=1S/C16H12O4/c17-9-10-20-16(15(18)19)13-7-3-1-5-11(13)12-6-2-4-8-14(12)16/h1-9H,10H2,(H,18,19). The Hall–Kier alpha value is -2.46. The Morgan fingerprint density at radius 1 is 1.05 bits per heavy atom. The number of rotatable bonds is 4. The maximum absolute atomic E-state index is 11.9. The van der Waals surface area contributed by atoms with Crippen LogP contribution in [-0.2, 0) is 19.9 Å². The molecule has 0 saturated heterocycles. The molecule has 2 aromatic carbocycles. The number of benzene rings is 2. The van der Waals surface area contributed by atoms with E-state index in [1.54, 1.807) is 24.3 Å². The van der Waals surface area contributed by atoms with Crippen LogP contribution in [0.1, 0.15) is 11.1 Å². The third-order valence-corrected chi connectivity index (χ3v) is 3.57. The summed E-state index contributed by atoms with van der Waals surface area (Å²) >= 11 is 0. The molecule has 0 bridgehead atoms. The van der Waals surface area contributed by atoms with Crippen molar-refractivity contribution in [2.45, 2.75) is 5.60 Å². The fraction of sp³-hybridized carbons (Fsp3) is 0.125. The maximum atomic E-state index is 11.9. The third-order valence-electron chi connectivity index (χ3n) is 3.57. The van der Waals surface area contributed by atoms with Crippen molar-refractivity contribution in [1.29, 1.82) is 0 Å². The van der Waals surface area contributed by atoms with E-state index in [-0.39, 0.29) is 6.61 Å². The molecule has 0 fully saturated rings. The minimum Gasteiger partial charge on any atom is -0.479 e. The highest BCUT2D eigenvalue weighted by Gasteiger charge is 2.50. The van der Waals surface area contributed by atoms with E-state index in [9.17, 15) is 14.7 Å². The van der Waals surface area contributed by atoms with Crippen molar-refractivity contribution in [1.82, 2.24) is 0 Å². The number of carbonyl (C=O) groups excluding carboxylic acids is 1. The quantitative estimate of drug-likeness (QED) is 0.863. The second-order valence-corrected chi connectivity index (χ2v) is 4.56. The Balaban J connectivity index is 2.33. The minimum atomic E-state index is -1.60. The van der Waals surface area contributed by atoms with Crippen molar-refractivity contribution in [2.24, 2.45) is 0 Å². The van der Waals surface area contributed by atoms with Gasteiger partial charge in [-0.3, -0.25) is 0 Å². The van der Waals surface area contributed by atoms with Gasteiger partial charge in [0.25, 0.3) is 0 Å². The molecule has 0 amide bonds. The molecule has 0 atom stereocenters. The molecule has 1 aliphatic rings. The van der Waals surface area contributed by atoms with E-state index in [2.05, 4.69) is 0 Å². The third kappa shape index (κ3) is 1.52. The molecule has 0 spiro atoms. The summed E-state index contributed by atoms with van der Waals surface area (Å²) in [7, 11) is 0. The van der Waals surface area contributed by atoms with Gasteiger partial charge in [0.05, 0.1) is 0 Å². The van der Waals surface area contributed by atoms with E-state index in [0.717, 1.165) is 11.1 Å². The topological polar surface area (TPSA) is 63.6 Å². The van der Waals surface area contributed by atoms with Gasteiger partial charge in [-0.25, -0.2) is 4.79 Å². The van der Waals surface area contributed by atoms with Gasteiger partial charge in [-0.2, -0.15) is 0 Å².